The molecule has 3 amide bonds. The Labute approximate surface area is 257 Å². The van der Waals surface area contributed by atoms with Gasteiger partial charge < -0.3 is 24.5 Å². The summed E-state index contributed by atoms with van der Waals surface area (Å²) in [6.45, 7) is 19.6. The summed E-state index contributed by atoms with van der Waals surface area (Å²) in [5.41, 5.74) is 0.819. The maximum atomic E-state index is 14.9. The van der Waals surface area contributed by atoms with E-state index in [1.54, 1.807) is 26.9 Å². The lowest BCUT2D eigenvalue weighted by Crippen LogP contribution is -2.57. The zero-order valence-corrected chi connectivity index (χ0v) is 26.8. The summed E-state index contributed by atoms with van der Waals surface area (Å²) in [6, 6.07) is 5.17. The van der Waals surface area contributed by atoms with Crippen molar-refractivity contribution >= 4 is 23.4 Å². The SMILES string of the molecule is C=CCN(CCC)C(=O)[C@H]1[C@H]2C(=O)N(CCCCCCO)C(C(=O)N(CC=C)c3cc(C)ccc3C)C23CC(C)[C@]1(C)O3. The van der Waals surface area contributed by atoms with Gasteiger partial charge in [0.15, 0.2) is 0 Å². The number of anilines is 1. The minimum Gasteiger partial charge on any atom is -0.396 e. The van der Waals surface area contributed by atoms with Crippen molar-refractivity contribution in [1.29, 1.82) is 0 Å². The predicted molar refractivity (Wildman–Crippen MR) is 170 cm³/mol. The maximum Gasteiger partial charge on any atom is 0.253 e. The fraction of sp³-hybridized carbons (Fsp3) is 0.629. The van der Waals surface area contributed by atoms with Crippen molar-refractivity contribution in [1.82, 2.24) is 9.80 Å². The second-order valence-corrected chi connectivity index (χ2v) is 13.0. The van der Waals surface area contributed by atoms with E-state index in [9.17, 15) is 19.5 Å². The Morgan fingerprint density at radius 1 is 1.12 bits per heavy atom. The van der Waals surface area contributed by atoms with Gasteiger partial charge in [0.05, 0.1) is 17.4 Å². The number of aliphatic hydroxyl groups excluding tert-OH is 1. The highest BCUT2D eigenvalue weighted by atomic mass is 16.5. The largest absolute Gasteiger partial charge is 0.396 e. The van der Waals surface area contributed by atoms with E-state index >= 15 is 0 Å². The number of likely N-dealkylation sites (tertiary alicyclic amines) is 1. The third-order valence-electron chi connectivity index (χ3n) is 10.0. The van der Waals surface area contributed by atoms with Crippen LogP contribution in [0.2, 0.25) is 0 Å². The average molecular weight is 594 g/mol. The van der Waals surface area contributed by atoms with Crippen LogP contribution in [0.3, 0.4) is 0 Å². The molecule has 1 N–H and O–H groups in total. The molecular formula is C35H51N3O5. The van der Waals surface area contributed by atoms with Crippen LogP contribution in [-0.2, 0) is 19.1 Å². The lowest BCUT2D eigenvalue weighted by Gasteiger charge is -2.39. The zero-order valence-electron chi connectivity index (χ0n) is 26.8. The monoisotopic (exact) mass is 593 g/mol. The summed E-state index contributed by atoms with van der Waals surface area (Å²) < 4.78 is 6.98. The Balaban J connectivity index is 1.81. The van der Waals surface area contributed by atoms with Crippen LogP contribution < -0.4 is 4.90 Å². The van der Waals surface area contributed by atoms with E-state index in [2.05, 4.69) is 20.1 Å². The number of fused-ring (bicyclic) bond motifs is 1. The molecule has 2 bridgehead atoms. The number of unbranched alkanes of at least 4 members (excludes halogenated alkanes) is 3. The van der Waals surface area contributed by atoms with Crippen LogP contribution in [0.15, 0.2) is 43.5 Å². The van der Waals surface area contributed by atoms with Gasteiger partial charge in [-0.15, -0.1) is 13.2 Å². The molecule has 0 radical (unpaired) electrons. The van der Waals surface area contributed by atoms with E-state index < -0.39 is 29.1 Å². The van der Waals surface area contributed by atoms with Crippen LogP contribution in [0.5, 0.6) is 0 Å². The summed E-state index contributed by atoms with van der Waals surface area (Å²) in [5, 5.41) is 9.25. The molecule has 3 aliphatic heterocycles. The first-order chi connectivity index (χ1) is 20.5. The summed E-state index contributed by atoms with van der Waals surface area (Å²) in [5.74, 6) is -1.89. The number of aliphatic hydroxyl groups is 1. The van der Waals surface area contributed by atoms with Gasteiger partial charge in [0, 0.05) is 38.5 Å². The molecule has 43 heavy (non-hydrogen) atoms. The third kappa shape index (κ3) is 5.68. The van der Waals surface area contributed by atoms with Crippen LogP contribution in [0, 0.1) is 31.6 Å². The Hall–Kier alpha value is -2.97. The van der Waals surface area contributed by atoms with Crippen molar-refractivity contribution in [3.63, 3.8) is 0 Å². The molecule has 1 aromatic rings. The highest BCUT2D eigenvalue weighted by Gasteiger charge is 2.80. The minimum atomic E-state index is -1.10. The highest BCUT2D eigenvalue weighted by molar-refractivity contribution is 6.05. The van der Waals surface area contributed by atoms with E-state index in [1.165, 1.54) is 0 Å². The number of carbonyl (C=O) groups excluding carboxylic acids is 3. The molecule has 6 atom stereocenters. The molecule has 236 valence electrons. The normalized spacial score (nSPS) is 29.1. The zero-order chi connectivity index (χ0) is 31.5. The highest BCUT2D eigenvalue weighted by Crippen LogP contribution is 2.65. The number of aryl methyl sites for hydroxylation is 2. The Kier molecular flexibility index (Phi) is 10.2. The van der Waals surface area contributed by atoms with Gasteiger partial charge >= 0.3 is 0 Å². The van der Waals surface area contributed by atoms with Gasteiger partial charge in [-0.05, 0) is 69.6 Å². The standard InChI is InChI=1S/C35H51N3O5/c1-8-17-36(18-9-2)31(40)28-29-32(41)38(20-13-11-12-14-21-39)30(35(29)23-26(6)34(28,7)43-35)33(42)37(19-10-3)27-22-24(4)15-16-25(27)5/h8,10,15-16,22,26,28-30,39H,1,3,9,11-14,17-21,23H2,2,4-7H3/t26?,28-,29+,30?,34+,35?/m1/s1. The van der Waals surface area contributed by atoms with Crippen LogP contribution >= 0.6 is 0 Å². The average Bonchev–Trinajstić information content (AvgIpc) is 3.48. The molecule has 0 aromatic heterocycles. The number of hydrogen-bond acceptors (Lipinski definition) is 5. The Morgan fingerprint density at radius 2 is 1.81 bits per heavy atom. The van der Waals surface area contributed by atoms with E-state index in [0.29, 0.717) is 38.9 Å². The summed E-state index contributed by atoms with van der Waals surface area (Å²) in [4.78, 5) is 49.0. The molecule has 1 spiro atoms. The molecule has 3 heterocycles. The number of carbonyl (C=O) groups is 3. The first-order valence-electron chi connectivity index (χ1n) is 16.0. The van der Waals surface area contributed by atoms with Gasteiger partial charge in [-0.1, -0.05) is 51.0 Å². The summed E-state index contributed by atoms with van der Waals surface area (Å²) in [6.07, 6.45) is 7.84. The number of rotatable bonds is 15. The molecule has 0 aliphatic carbocycles. The second-order valence-electron chi connectivity index (χ2n) is 13.0. The van der Waals surface area contributed by atoms with Crippen LogP contribution in [-0.4, -0.2) is 82.7 Å². The van der Waals surface area contributed by atoms with Crippen molar-refractivity contribution < 1.29 is 24.2 Å². The lowest BCUT2D eigenvalue weighted by molar-refractivity contribution is -0.151. The van der Waals surface area contributed by atoms with Crippen LogP contribution in [0.4, 0.5) is 5.69 Å². The van der Waals surface area contributed by atoms with Gasteiger partial charge in [-0.3, -0.25) is 14.4 Å². The fourth-order valence-corrected chi connectivity index (χ4v) is 7.89. The quantitative estimate of drug-likeness (QED) is 0.233. The van der Waals surface area contributed by atoms with Gasteiger partial charge in [-0.2, -0.15) is 0 Å². The number of ether oxygens (including phenoxy) is 1. The third-order valence-corrected chi connectivity index (χ3v) is 10.0. The lowest BCUT2D eigenvalue weighted by atomic mass is 9.62. The fourth-order valence-electron chi connectivity index (χ4n) is 7.89. The topological polar surface area (TPSA) is 90.4 Å². The van der Waals surface area contributed by atoms with Crippen molar-refractivity contribution in [2.45, 2.75) is 90.4 Å². The molecule has 3 fully saturated rings. The van der Waals surface area contributed by atoms with Crippen LogP contribution in [0.25, 0.3) is 0 Å². The number of amides is 3. The number of hydrogen-bond donors (Lipinski definition) is 1. The van der Waals surface area contributed by atoms with Crippen molar-refractivity contribution in [3.8, 4) is 0 Å². The Bertz CT molecular complexity index is 1230. The first kappa shape index (κ1) is 32.9. The van der Waals surface area contributed by atoms with Gasteiger partial charge in [0.1, 0.15) is 11.6 Å². The van der Waals surface area contributed by atoms with Crippen molar-refractivity contribution in [2.24, 2.45) is 17.8 Å². The van der Waals surface area contributed by atoms with Gasteiger partial charge in [0.2, 0.25) is 11.8 Å². The predicted octanol–water partition coefficient (Wildman–Crippen LogP) is 4.81. The maximum absolute atomic E-state index is 14.9. The summed E-state index contributed by atoms with van der Waals surface area (Å²) in [7, 11) is 0. The van der Waals surface area contributed by atoms with Crippen molar-refractivity contribution in [3.05, 3.63) is 54.6 Å². The van der Waals surface area contributed by atoms with Gasteiger partial charge in [0.25, 0.3) is 5.91 Å². The first-order valence-corrected chi connectivity index (χ1v) is 16.0. The number of nitrogens with zero attached hydrogens (tertiary/aromatic N) is 3. The van der Waals surface area contributed by atoms with Crippen LogP contribution in [0.1, 0.15) is 70.4 Å². The summed E-state index contributed by atoms with van der Waals surface area (Å²) >= 11 is 0. The Morgan fingerprint density at radius 3 is 2.47 bits per heavy atom. The van der Waals surface area contributed by atoms with E-state index in [-0.39, 0.29) is 36.8 Å². The second kappa shape index (κ2) is 13.3. The van der Waals surface area contributed by atoms with E-state index in [0.717, 1.165) is 36.1 Å². The van der Waals surface area contributed by atoms with Crippen molar-refractivity contribution in [2.75, 3.05) is 37.7 Å². The molecule has 3 aliphatic rings. The van der Waals surface area contributed by atoms with Gasteiger partial charge in [-0.25, -0.2) is 0 Å². The van der Waals surface area contributed by atoms with E-state index in [4.69, 9.17) is 4.74 Å². The number of benzene rings is 1. The molecule has 8 nitrogen and oxygen atoms in total. The van der Waals surface area contributed by atoms with E-state index in [1.807, 2.05) is 45.9 Å². The molecule has 0 saturated carbocycles. The molecule has 3 unspecified atom stereocenters. The minimum absolute atomic E-state index is 0.0222. The molecule has 1 aromatic carbocycles. The molecule has 4 rings (SSSR count). The molecule has 3 saturated heterocycles. The smallest absolute Gasteiger partial charge is 0.253 e. The molecular weight excluding hydrogens is 542 g/mol. The molecule has 8 heteroatoms.